The van der Waals surface area contributed by atoms with Crippen molar-refractivity contribution in [1.82, 2.24) is 5.32 Å². The van der Waals surface area contributed by atoms with Gasteiger partial charge in [-0.05, 0) is 30.9 Å². The molecule has 122 valence electrons. The van der Waals surface area contributed by atoms with E-state index >= 15 is 0 Å². The van der Waals surface area contributed by atoms with Crippen LogP contribution in [0.25, 0.3) is 0 Å². The number of hydrogen-bond acceptors (Lipinski definition) is 3. The number of aryl methyl sites for hydroxylation is 1. The van der Waals surface area contributed by atoms with Crippen LogP contribution in [0.15, 0.2) is 6.07 Å². The highest BCUT2D eigenvalue weighted by molar-refractivity contribution is 7.12. The second kappa shape index (κ2) is 10.4. The summed E-state index contributed by atoms with van der Waals surface area (Å²) in [4.78, 5) is 2.81. The van der Waals surface area contributed by atoms with E-state index < -0.39 is 0 Å². The molecule has 3 heteroatoms. The van der Waals surface area contributed by atoms with Crippen LogP contribution in [-0.2, 0) is 17.9 Å². The van der Waals surface area contributed by atoms with Gasteiger partial charge in [0.25, 0.3) is 0 Å². The molecule has 1 unspecified atom stereocenters. The van der Waals surface area contributed by atoms with E-state index in [4.69, 9.17) is 4.74 Å². The van der Waals surface area contributed by atoms with Gasteiger partial charge in [0, 0.05) is 28.9 Å². The molecule has 1 atom stereocenters. The first-order valence-corrected chi connectivity index (χ1v) is 9.27. The summed E-state index contributed by atoms with van der Waals surface area (Å²) in [7, 11) is 0. The van der Waals surface area contributed by atoms with Crippen LogP contribution < -0.4 is 5.32 Å². The van der Waals surface area contributed by atoms with Crippen molar-refractivity contribution in [1.29, 1.82) is 0 Å². The molecule has 0 aromatic carbocycles. The zero-order valence-corrected chi connectivity index (χ0v) is 15.3. The fourth-order valence-corrected chi connectivity index (χ4v) is 3.36. The molecular weight excluding hydrogens is 278 g/mol. The Morgan fingerprint density at radius 3 is 2.67 bits per heavy atom. The number of rotatable bonds is 11. The minimum atomic E-state index is 0.538. The van der Waals surface area contributed by atoms with Crippen molar-refractivity contribution < 1.29 is 4.74 Å². The molecule has 0 fully saturated rings. The Kier molecular flexibility index (Phi) is 9.21. The summed E-state index contributed by atoms with van der Waals surface area (Å²) >= 11 is 1.89. The lowest BCUT2D eigenvalue weighted by Gasteiger charge is -2.14. The summed E-state index contributed by atoms with van der Waals surface area (Å²) in [6.07, 6.45) is 5.14. The van der Waals surface area contributed by atoms with Crippen molar-refractivity contribution >= 4 is 11.3 Å². The SMILES string of the molecule is CCCCC(CC)COCc1cc(CNC(C)C)sc1C. The van der Waals surface area contributed by atoms with E-state index in [1.165, 1.54) is 41.0 Å². The molecule has 1 heterocycles. The summed E-state index contributed by atoms with van der Waals surface area (Å²) in [6.45, 7) is 13.8. The first-order chi connectivity index (χ1) is 10.1. The molecule has 0 aliphatic heterocycles. The molecule has 0 aliphatic carbocycles. The lowest BCUT2D eigenvalue weighted by atomic mass is 10.0. The second-order valence-corrected chi connectivity index (χ2v) is 7.60. The summed E-state index contributed by atoms with van der Waals surface area (Å²) in [5.41, 5.74) is 1.37. The van der Waals surface area contributed by atoms with Crippen molar-refractivity contribution in [2.45, 2.75) is 79.5 Å². The molecule has 1 N–H and O–H groups in total. The smallest absolute Gasteiger partial charge is 0.0727 e. The quantitative estimate of drug-likeness (QED) is 0.599. The average Bonchev–Trinajstić information content (AvgIpc) is 2.81. The normalized spacial score (nSPS) is 13.0. The highest BCUT2D eigenvalue weighted by atomic mass is 32.1. The van der Waals surface area contributed by atoms with E-state index in [0.29, 0.717) is 6.04 Å². The first kappa shape index (κ1) is 18.7. The van der Waals surface area contributed by atoms with Crippen LogP contribution in [0.1, 0.15) is 68.7 Å². The Balaban J connectivity index is 2.37. The van der Waals surface area contributed by atoms with Crippen LogP contribution in [0.2, 0.25) is 0 Å². The lowest BCUT2D eigenvalue weighted by Crippen LogP contribution is -2.21. The molecule has 0 bridgehead atoms. The molecule has 0 aliphatic rings. The molecule has 1 aromatic rings. The lowest BCUT2D eigenvalue weighted by molar-refractivity contribution is 0.0819. The highest BCUT2D eigenvalue weighted by Gasteiger charge is 2.09. The molecule has 0 amide bonds. The summed E-state index contributed by atoms with van der Waals surface area (Å²) in [6, 6.07) is 2.85. The third kappa shape index (κ3) is 7.44. The van der Waals surface area contributed by atoms with Gasteiger partial charge >= 0.3 is 0 Å². The summed E-state index contributed by atoms with van der Waals surface area (Å²) < 4.78 is 5.98. The molecule has 21 heavy (non-hydrogen) atoms. The monoisotopic (exact) mass is 311 g/mol. The van der Waals surface area contributed by atoms with E-state index in [0.717, 1.165) is 25.7 Å². The van der Waals surface area contributed by atoms with Gasteiger partial charge in [-0.15, -0.1) is 11.3 Å². The van der Waals surface area contributed by atoms with Crippen LogP contribution in [0.5, 0.6) is 0 Å². The molecule has 0 radical (unpaired) electrons. The van der Waals surface area contributed by atoms with Gasteiger partial charge in [-0.1, -0.05) is 47.0 Å². The molecule has 2 nitrogen and oxygen atoms in total. The fourth-order valence-electron chi connectivity index (χ4n) is 2.36. The molecule has 0 saturated carbocycles. The molecule has 1 rings (SSSR count). The summed E-state index contributed by atoms with van der Waals surface area (Å²) in [5, 5.41) is 3.48. The Labute approximate surface area is 135 Å². The van der Waals surface area contributed by atoms with Crippen molar-refractivity contribution in [2.24, 2.45) is 5.92 Å². The maximum absolute atomic E-state index is 5.98. The zero-order chi connectivity index (χ0) is 15.7. The third-order valence-corrected chi connectivity index (χ3v) is 5.00. The number of nitrogens with one attached hydrogen (secondary N) is 1. The van der Waals surface area contributed by atoms with Gasteiger partial charge in [-0.25, -0.2) is 0 Å². The van der Waals surface area contributed by atoms with E-state index in [-0.39, 0.29) is 0 Å². The fraction of sp³-hybridized carbons (Fsp3) is 0.778. The molecular formula is C18H33NOS. The number of unbranched alkanes of at least 4 members (excludes halogenated alkanes) is 1. The van der Waals surface area contributed by atoms with Crippen molar-refractivity contribution in [3.63, 3.8) is 0 Å². The summed E-state index contributed by atoms with van der Waals surface area (Å²) in [5.74, 6) is 0.728. The van der Waals surface area contributed by atoms with Crippen LogP contribution in [0, 0.1) is 12.8 Å². The largest absolute Gasteiger partial charge is 0.376 e. The Morgan fingerprint density at radius 1 is 1.29 bits per heavy atom. The van der Waals surface area contributed by atoms with Crippen molar-refractivity contribution in [3.05, 3.63) is 21.4 Å². The van der Waals surface area contributed by atoms with Gasteiger partial charge in [-0.2, -0.15) is 0 Å². The predicted octanol–water partition coefficient (Wildman–Crippen LogP) is 5.29. The zero-order valence-electron chi connectivity index (χ0n) is 14.5. The third-order valence-electron chi connectivity index (χ3n) is 3.91. The van der Waals surface area contributed by atoms with Gasteiger partial charge in [0.2, 0.25) is 0 Å². The van der Waals surface area contributed by atoms with E-state index in [9.17, 15) is 0 Å². The number of hydrogen-bond donors (Lipinski definition) is 1. The maximum Gasteiger partial charge on any atom is 0.0727 e. The van der Waals surface area contributed by atoms with Gasteiger partial charge in [0.15, 0.2) is 0 Å². The minimum absolute atomic E-state index is 0.538. The van der Waals surface area contributed by atoms with Gasteiger partial charge in [-0.3, -0.25) is 0 Å². The maximum atomic E-state index is 5.98. The van der Waals surface area contributed by atoms with Gasteiger partial charge in [0.05, 0.1) is 6.61 Å². The standard InChI is InChI=1S/C18H33NOS/c1-6-8-9-16(7-2)12-20-13-17-10-18(21-15(17)5)11-19-14(3)4/h10,14,16,19H,6-9,11-13H2,1-5H3. The Hall–Kier alpha value is -0.380. The van der Waals surface area contributed by atoms with Gasteiger partial charge < -0.3 is 10.1 Å². The molecule has 0 saturated heterocycles. The second-order valence-electron chi connectivity index (χ2n) is 6.26. The van der Waals surface area contributed by atoms with Crippen molar-refractivity contribution in [3.8, 4) is 0 Å². The molecule has 1 aromatic heterocycles. The van der Waals surface area contributed by atoms with Crippen LogP contribution in [0.4, 0.5) is 0 Å². The topological polar surface area (TPSA) is 21.3 Å². The molecule has 0 spiro atoms. The van der Waals surface area contributed by atoms with Crippen LogP contribution >= 0.6 is 11.3 Å². The minimum Gasteiger partial charge on any atom is -0.376 e. The Bertz CT molecular complexity index is 387. The highest BCUT2D eigenvalue weighted by Crippen LogP contribution is 2.23. The van der Waals surface area contributed by atoms with E-state index in [2.05, 4.69) is 46.0 Å². The van der Waals surface area contributed by atoms with E-state index in [1.54, 1.807) is 0 Å². The number of ether oxygens (including phenoxy) is 1. The van der Waals surface area contributed by atoms with E-state index in [1.807, 2.05) is 11.3 Å². The Morgan fingerprint density at radius 2 is 2.05 bits per heavy atom. The van der Waals surface area contributed by atoms with Crippen LogP contribution in [0.3, 0.4) is 0 Å². The average molecular weight is 312 g/mol. The van der Waals surface area contributed by atoms with Crippen molar-refractivity contribution in [2.75, 3.05) is 6.61 Å². The first-order valence-electron chi connectivity index (χ1n) is 8.46. The predicted molar refractivity (Wildman–Crippen MR) is 94.0 cm³/mol. The van der Waals surface area contributed by atoms with Gasteiger partial charge in [0.1, 0.15) is 0 Å². The van der Waals surface area contributed by atoms with Crippen LogP contribution in [-0.4, -0.2) is 12.6 Å². The number of thiophene rings is 1.